The second kappa shape index (κ2) is 3.63. The van der Waals surface area contributed by atoms with Crippen LogP contribution < -0.4 is 0 Å². The van der Waals surface area contributed by atoms with Crippen LogP contribution in [0.15, 0.2) is 23.4 Å². The summed E-state index contributed by atoms with van der Waals surface area (Å²) < 4.78 is 10.4. The Kier molecular flexibility index (Phi) is 2.77. The van der Waals surface area contributed by atoms with E-state index in [1.54, 1.807) is 14.2 Å². The zero-order chi connectivity index (χ0) is 8.27. The van der Waals surface area contributed by atoms with Gasteiger partial charge in [0.1, 0.15) is 19.7 Å². The Balaban J connectivity index is 2.81. The van der Waals surface area contributed by atoms with Crippen LogP contribution in [0.5, 0.6) is 0 Å². The van der Waals surface area contributed by atoms with Crippen LogP contribution in [0.3, 0.4) is 0 Å². The van der Waals surface area contributed by atoms with Gasteiger partial charge in [0, 0.05) is 7.11 Å². The highest BCUT2D eigenvalue weighted by Crippen LogP contribution is 2.19. The SMILES string of the molecule is BC1=C(OC)C(OC)CC=C1. The van der Waals surface area contributed by atoms with Crippen LogP contribution in [0.1, 0.15) is 6.42 Å². The number of ether oxygens (including phenoxy) is 2. The molecule has 1 atom stereocenters. The monoisotopic (exact) mass is 152 g/mol. The van der Waals surface area contributed by atoms with Crippen LogP contribution >= 0.6 is 0 Å². The van der Waals surface area contributed by atoms with Crippen LogP contribution in [0.25, 0.3) is 0 Å². The van der Waals surface area contributed by atoms with Crippen molar-refractivity contribution in [1.29, 1.82) is 0 Å². The lowest BCUT2D eigenvalue weighted by Crippen LogP contribution is -2.18. The van der Waals surface area contributed by atoms with Gasteiger partial charge >= 0.3 is 0 Å². The van der Waals surface area contributed by atoms with E-state index in [2.05, 4.69) is 12.2 Å². The molecule has 60 valence electrons. The quantitative estimate of drug-likeness (QED) is 0.535. The molecule has 2 nitrogen and oxygen atoms in total. The second-order valence-corrected chi connectivity index (χ2v) is 2.61. The molecule has 0 saturated carbocycles. The zero-order valence-electron chi connectivity index (χ0n) is 7.26. The first-order chi connectivity index (χ1) is 5.29. The minimum Gasteiger partial charge on any atom is -0.499 e. The molecule has 0 bridgehead atoms. The molecule has 1 unspecified atom stereocenters. The minimum atomic E-state index is 0.116. The Morgan fingerprint density at radius 2 is 2.27 bits per heavy atom. The third kappa shape index (κ3) is 1.66. The molecule has 0 saturated heterocycles. The second-order valence-electron chi connectivity index (χ2n) is 2.61. The summed E-state index contributed by atoms with van der Waals surface area (Å²) in [7, 11) is 5.42. The summed E-state index contributed by atoms with van der Waals surface area (Å²) in [6, 6.07) is 0. The fourth-order valence-corrected chi connectivity index (χ4v) is 1.31. The van der Waals surface area contributed by atoms with E-state index in [-0.39, 0.29) is 6.10 Å². The van der Waals surface area contributed by atoms with Gasteiger partial charge in [-0.2, -0.15) is 0 Å². The van der Waals surface area contributed by atoms with Crippen molar-refractivity contribution in [1.82, 2.24) is 0 Å². The molecule has 0 radical (unpaired) electrons. The van der Waals surface area contributed by atoms with Crippen molar-refractivity contribution in [3.8, 4) is 0 Å². The summed E-state index contributed by atoms with van der Waals surface area (Å²) >= 11 is 0. The van der Waals surface area contributed by atoms with Gasteiger partial charge in [0.05, 0.1) is 7.11 Å². The summed E-state index contributed by atoms with van der Waals surface area (Å²) in [5.74, 6) is 0.954. The van der Waals surface area contributed by atoms with E-state index in [9.17, 15) is 0 Å². The summed E-state index contributed by atoms with van der Waals surface area (Å²) in [5.41, 5.74) is 1.16. The summed E-state index contributed by atoms with van der Waals surface area (Å²) in [4.78, 5) is 0. The van der Waals surface area contributed by atoms with E-state index >= 15 is 0 Å². The van der Waals surface area contributed by atoms with Crippen LogP contribution in [0.4, 0.5) is 0 Å². The maximum Gasteiger partial charge on any atom is 0.143 e. The maximum absolute atomic E-state index is 5.23. The van der Waals surface area contributed by atoms with Gasteiger partial charge in [-0.1, -0.05) is 12.2 Å². The van der Waals surface area contributed by atoms with Gasteiger partial charge in [0.15, 0.2) is 0 Å². The van der Waals surface area contributed by atoms with Gasteiger partial charge < -0.3 is 9.47 Å². The van der Waals surface area contributed by atoms with Gasteiger partial charge in [0.25, 0.3) is 0 Å². The molecule has 1 aliphatic rings. The Morgan fingerprint density at radius 3 is 2.73 bits per heavy atom. The molecule has 11 heavy (non-hydrogen) atoms. The molecule has 3 heteroatoms. The van der Waals surface area contributed by atoms with Crippen LogP contribution in [0.2, 0.25) is 0 Å². The first-order valence-corrected chi connectivity index (χ1v) is 3.73. The van der Waals surface area contributed by atoms with E-state index < -0.39 is 0 Å². The van der Waals surface area contributed by atoms with Crippen LogP contribution in [-0.4, -0.2) is 28.2 Å². The molecule has 0 fully saturated rings. The van der Waals surface area contributed by atoms with Crippen molar-refractivity contribution >= 4 is 7.85 Å². The lowest BCUT2D eigenvalue weighted by atomic mass is 9.88. The summed E-state index contributed by atoms with van der Waals surface area (Å²) in [6.07, 6.45) is 5.20. The Morgan fingerprint density at radius 1 is 1.55 bits per heavy atom. The zero-order valence-corrected chi connectivity index (χ0v) is 7.26. The van der Waals surface area contributed by atoms with Gasteiger partial charge in [-0.15, -0.1) is 0 Å². The molecule has 0 aliphatic heterocycles. The molecule has 0 amide bonds. The highest BCUT2D eigenvalue weighted by atomic mass is 16.5. The number of methoxy groups -OCH3 is 2. The fraction of sp³-hybridized carbons (Fsp3) is 0.500. The third-order valence-electron chi connectivity index (χ3n) is 1.90. The van der Waals surface area contributed by atoms with E-state index in [1.807, 2.05) is 7.85 Å². The molecular weight excluding hydrogens is 139 g/mol. The van der Waals surface area contributed by atoms with Gasteiger partial charge in [-0.05, 0) is 11.9 Å². The molecule has 0 aromatic carbocycles. The smallest absolute Gasteiger partial charge is 0.143 e. The van der Waals surface area contributed by atoms with E-state index in [4.69, 9.17) is 9.47 Å². The highest BCUT2D eigenvalue weighted by Gasteiger charge is 2.17. The molecule has 0 aromatic heterocycles. The molecular formula is C8H13BO2. The average Bonchev–Trinajstić information content (AvgIpc) is 2.04. The Hall–Kier alpha value is -0.695. The molecule has 0 aromatic rings. The maximum atomic E-state index is 5.23. The van der Waals surface area contributed by atoms with Crippen molar-refractivity contribution in [2.24, 2.45) is 0 Å². The first-order valence-electron chi connectivity index (χ1n) is 3.73. The lowest BCUT2D eigenvalue weighted by molar-refractivity contribution is 0.0788. The summed E-state index contributed by atoms with van der Waals surface area (Å²) in [6.45, 7) is 0. The number of hydrogen-bond acceptors (Lipinski definition) is 2. The van der Waals surface area contributed by atoms with Crippen molar-refractivity contribution in [3.05, 3.63) is 23.4 Å². The largest absolute Gasteiger partial charge is 0.499 e. The summed E-state index contributed by atoms with van der Waals surface area (Å²) in [5, 5.41) is 0. The third-order valence-corrected chi connectivity index (χ3v) is 1.90. The van der Waals surface area contributed by atoms with Crippen LogP contribution in [0, 0.1) is 0 Å². The topological polar surface area (TPSA) is 18.5 Å². The van der Waals surface area contributed by atoms with Gasteiger partial charge in [-0.3, -0.25) is 0 Å². The molecule has 0 heterocycles. The van der Waals surface area contributed by atoms with E-state index in [0.29, 0.717) is 0 Å². The predicted octanol–water partition coefficient (Wildman–Crippen LogP) is 0.452. The average molecular weight is 152 g/mol. The predicted molar refractivity (Wildman–Crippen MR) is 47.1 cm³/mol. The standard InChI is InChI=1S/C8H13BO2/c1-10-7-5-3-4-6(9)8(7)11-2/h3-4,7H,5,9H2,1-2H3. The van der Waals surface area contributed by atoms with Crippen LogP contribution in [-0.2, 0) is 9.47 Å². The Labute approximate surface area is 68.3 Å². The molecule has 1 rings (SSSR count). The minimum absolute atomic E-state index is 0.116. The normalized spacial score (nSPS) is 24.0. The number of allylic oxidation sites excluding steroid dienone is 2. The Bertz CT molecular complexity index is 196. The number of rotatable bonds is 2. The first kappa shape index (κ1) is 8.40. The molecule has 1 aliphatic carbocycles. The van der Waals surface area contributed by atoms with Crippen molar-refractivity contribution in [2.75, 3.05) is 14.2 Å². The van der Waals surface area contributed by atoms with Crippen molar-refractivity contribution in [2.45, 2.75) is 12.5 Å². The van der Waals surface area contributed by atoms with Crippen molar-refractivity contribution in [3.63, 3.8) is 0 Å². The van der Waals surface area contributed by atoms with E-state index in [1.165, 1.54) is 0 Å². The molecule has 0 spiro atoms. The number of hydrogen-bond donors (Lipinski definition) is 0. The van der Waals surface area contributed by atoms with Gasteiger partial charge in [-0.25, -0.2) is 0 Å². The fourth-order valence-electron chi connectivity index (χ4n) is 1.31. The van der Waals surface area contributed by atoms with Gasteiger partial charge in [0.2, 0.25) is 0 Å². The van der Waals surface area contributed by atoms with E-state index in [0.717, 1.165) is 17.7 Å². The lowest BCUT2D eigenvalue weighted by Gasteiger charge is -2.21. The highest BCUT2D eigenvalue weighted by molar-refractivity contribution is 6.23. The molecule has 0 N–H and O–H groups in total. The van der Waals surface area contributed by atoms with Crippen molar-refractivity contribution < 1.29 is 9.47 Å².